The van der Waals surface area contributed by atoms with Crippen LogP contribution in [0.4, 0.5) is 0 Å². The summed E-state index contributed by atoms with van der Waals surface area (Å²) in [6.45, 7) is 2.46. The van der Waals surface area contributed by atoms with Gasteiger partial charge in [-0.25, -0.2) is 12.7 Å². The lowest BCUT2D eigenvalue weighted by atomic mass is 9.60. The van der Waals surface area contributed by atoms with Crippen LogP contribution < -0.4 is 0 Å². The van der Waals surface area contributed by atoms with Crippen molar-refractivity contribution in [3.8, 4) is 0 Å². The number of hydrogen-bond acceptors (Lipinski definition) is 4. The lowest BCUT2D eigenvalue weighted by Gasteiger charge is -2.46. The van der Waals surface area contributed by atoms with Gasteiger partial charge < -0.3 is 9.80 Å². The fourth-order valence-corrected chi connectivity index (χ4v) is 6.46. The normalized spacial score (nSPS) is 27.3. The first-order valence-electron chi connectivity index (χ1n) is 10.2. The van der Waals surface area contributed by atoms with Crippen molar-refractivity contribution >= 4 is 21.8 Å². The molecule has 3 saturated heterocycles. The fourth-order valence-electron chi connectivity index (χ4n) is 5.52. The number of hydrogen-bond donors (Lipinski definition) is 0. The van der Waals surface area contributed by atoms with Crippen LogP contribution in [0.1, 0.15) is 24.8 Å². The molecule has 29 heavy (non-hydrogen) atoms. The van der Waals surface area contributed by atoms with Crippen LogP contribution in [0.5, 0.6) is 0 Å². The molecule has 0 radical (unpaired) electrons. The molecule has 4 rings (SSSR count). The number of likely N-dealkylation sites (tertiary alicyclic amines) is 2. The molecule has 0 saturated carbocycles. The first-order chi connectivity index (χ1) is 13.7. The monoisotopic (exact) mass is 419 g/mol. The van der Waals surface area contributed by atoms with Gasteiger partial charge in [-0.1, -0.05) is 30.3 Å². The number of piperidine rings is 1. The Kier molecular flexibility index (Phi) is 4.98. The molecule has 3 aliphatic heterocycles. The molecule has 1 unspecified atom stereocenters. The Morgan fingerprint density at radius 1 is 1.03 bits per heavy atom. The van der Waals surface area contributed by atoms with Gasteiger partial charge in [-0.05, 0) is 24.8 Å². The molecule has 8 heteroatoms. The van der Waals surface area contributed by atoms with Crippen molar-refractivity contribution in [3.05, 3.63) is 35.9 Å². The molecule has 7 nitrogen and oxygen atoms in total. The van der Waals surface area contributed by atoms with Gasteiger partial charge in [0.25, 0.3) is 0 Å². The lowest BCUT2D eigenvalue weighted by molar-refractivity contribution is -0.143. The third-order valence-electron chi connectivity index (χ3n) is 7.31. The molecule has 0 aliphatic carbocycles. The quantitative estimate of drug-likeness (QED) is 0.731. The predicted molar refractivity (Wildman–Crippen MR) is 109 cm³/mol. The highest BCUT2D eigenvalue weighted by atomic mass is 32.2. The molecule has 0 N–H and O–H groups in total. The first kappa shape index (κ1) is 20.3. The van der Waals surface area contributed by atoms with Crippen LogP contribution in [0.3, 0.4) is 0 Å². The molecular formula is C21H29N3O4S. The third-order valence-corrected chi connectivity index (χ3v) is 8.51. The van der Waals surface area contributed by atoms with E-state index in [1.807, 2.05) is 35.2 Å². The standard InChI is InChI=1S/C21H29N3O4S/c1-22-11-10-21(19(22)26)16-24(29(2,27)28)15-20(21)8-12-23(13-9-20)18(25)14-17-6-4-3-5-7-17/h3-7H,8-16H2,1-2H3. The van der Waals surface area contributed by atoms with E-state index in [0.717, 1.165) is 5.56 Å². The van der Waals surface area contributed by atoms with Gasteiger partial charge in [0, 0.05) is 45.2 Å². The van der Waals surface area contributed by atoms with E-state index in [1.165, 1.54) is 10.6 Å². The van der Waals surface area contributed by atoms with Gasteiger partial charge in [0.2, 0.25) is 21.8 Å². The van der Waals surface area contributed by atoms with Crippen molar-refractivity contribution in [2.45, 2.75) is 25.7 Å². The van der Waals surface area contributed by atoms with Crippen molar-refractivity contribution in [3.63, 3.8) is 0 Å². The van der Waals surface area contributed by atoms with Crippen LogP contribution in [0, 0.1) is 10.8 Å². The Hall–Kier alpha value is -1.93. The van der Waals surface area contributed by atoms with E-state index in [4.69, 9.17) is 0 Å². The van der Waals surface area contributed by atoms with Crippen molar-refractivity contribution in [1.29, 1.82) is 0 Å². The number of sulfonamides is 1. The molecule has 3 fully saturated rings. The zero-order valence-corrected chi connectivity index (χ0v) is 18.0. The van der Waals surface area contributed by atoms with Crippen molar-refractivity contribution < 1.29 is 18.0 Å². The van der Waals surface area contributed by atoms with Gasteiger partial charge in [-0.3, -0.25) is 9.59 Å². The minimum atomic E-state index is -3.37. The largest absolute Gasteiger partial charge is 0.345 e. The van der Waals surface area contributed by atoms with Gasteiger partial charge in [-0.15, -0.1) is 0 Å². The Morgan fingerprint density at radius 2 is 1.69 bits per heavy atom. The summed E-state index contributed by atoms with van der Waals surface area (Å²) < 4.78 is 26.1. The lowest BCUT2D eigenvalue weighted by Crippen LogP contribution is -2.53. The van der Waals surface area contributed by atoms with Crippen LogP contribution in [0.15, 0.2) is 30.3 Å². The summed E-state index contributed by atoms with van der Waals surface area (Å²) in [7, 11) is -1.57. The highest BCUT2D eigenvalue weighted by Crippen LogP contribution is 2.58. The van der Waals surface area contributed by atoms with E-state index >= 15 is 0 Å². The fraction of sp³-hybridized carbons (Fsp3) is 0.619. The highest BCUT2D eigenvalue weighted by molar-refractivity contribution is 7.88. The van der Waals surface area contributed by atoms with Crippen LogP contribution in [-0.4, -0.2) is 80.4 Å². The second kappa shape index (κ2) is 7.09. The summed E-state index contributed by atoms with van der Waals surface area (Å²) in [6, 6.07) is 9.69. The molecule has 2 spiro atoms. The SMILES string of the molecule is CN1CCC2(CN(S(C)(=O)=O)CC23CCN(C(=O)Cc2ccccc2)CC3)C1=O. The number of rotatable bonds is 3. The molecule has 1 aromatic rings. The van der Waals surface area contributed by atoms with Crippen LogP contribution in [0.25, 0.3) is 0 Å². The minimum absolute atomic E-state index is 0.0627. The maximum absolute atomic E-state index is 13.2. The van der Waals surface area contributed by atoms with Crippen LogP contribution in [0.2, 0.25) is 0 Å². The zero-order chi connectivity index (χ0) is 20.9. The van der Waals surface area contributed by atoms with E-state index in [0.29, 0.717) is 51.9 Å². The van der Waals surface area contributed by atoms with Crippen LogP contribution >= 0.6 is 0 Å². The van der Waals surface area contributed by atoms with Gasteiger partial charge in [0.05, 0.1) is 18.1 Å². The molecular weight excluding hydrogens is 390 g/mol. The van der Waals surface area contributed by atoms with E-state index in [-0.39, 0.29) is 23.8 Å². The first-order valence-corrected chi connectivity index (χ1v) is 12.0. The van der Waals surface area contributed by atoms with E-state index < -0.39 is 15.4 Å². The number of carbonyl (C=O) groups excluding carboxylic acids is 2. The summed E-state index contributed by atoms with van der Waals surface area (Å²) in [5, 5.41) is 0. The number of nitrogens with zero attached hydrogens (tertiary/aromatic N) is 3. The summed E-state index contributed by atoms with van der Waals surface area (Å²) in [5.74, 6) is 0.153. The van der Waals surface area contributed by atoms with E-state index in [9.17, 15) is 18.0 Å². The third kappa shape index (κ3) is 3.36. The number of carbonyl (C=O) groups is 2. The Labute approximate surface area is 172 Å². The second-order valence-electron chi connectivity index (χ2n) is 8.91. The second-order valence-corrected chi connectivity index (χ2v) is 10.9. The molecule has 2 amide bonds. The predicted octanol–water partition coefficient (Wildman–Crippen LogP) is 0.962. The zero-order valence-electron chi connectivity index (χ0n) is 17.1. The molecule has 158 valence electrons. The Balaban J connectivity index is 1.53. The molecule has 3 aliphatic rings. The summed E-state index contributed by atoms with van der Waals surface area (Å²) in [4.78, 5) is 29.5. The Bertz CT molecular complexity index is 909. The van der Waals surface area contributed by atoms with Crippen molar-refractivity contribution in [2.24, 2.45) is 10.8 Å². The highest BCUT2D eigenvalue weighted by Gasteiger charge is 2.66. The number of amides is 2. The smallest absolute Gasteiger partial charge is 0.230 e. The minimum Gasteiger partial charge on any atom is -0.345 e. The molecule has 0 bridgehead atoms. The summed E-state index contributed by atoms with van der Waals surface area (Å²) >= 11 is 0. The molecule has 1 atom stereocenters. The molecule has 1 aromatic carbocycles. The number of fused-ring (bicyclic) bond motifs is 1. The van der Waals surface area contributed by atoms with Gasteiger partial charge in [0.15, 0.2) is 0 Å². The van der Waals surface area contributed by atoms with E-state index in [2.05, 4.69) is 0 Å². The van der Waals surface area contributed by atoms with Gasteiger partial charge >= 0.3 is 0 Å². The van der Waals surface area contributed by atoms with Crippen molar-refractivity contribution in [1.82, 2.24) is 14.1 Å². The summed E-state index contributed by atoms with van der Waals surface area (Å²) in [6.07, 6.45) is 3.61. The Morgan fingerprint density at radius 3 is 2.24 bits per heavy atom. The average Bonchev–Trinajstić information content (AvgIpc) is 3.16. The maximum atomic E-state index is 13.2. The van der Waals surface area contributed by atoms with Crippen molar-refractivity contribution in [2.75, 3.05) is 46.0 Å². The topological polar surface area (TPSA) is 78.0 Å². The average molecular weight is 420 g/mol. The maximum Gasteiger partial charge on any atom is 0.230 e. The van der Waals surface area contributed by atoms with Crippen LogP contribution in [-0.2, 0) is 26.0 Å². The number of benzene rings is 1. The summed E-state index contributed by atoms with van der Waals surface area (Å²) in [5.41, 5.74) is -0.0492. The molecule has 3 heterocycles. The molecule has 0 aromatic heterocycles. The van der Waals surface area contributed by atoms with E-state index in [1.54, 1.807) is 11.9 Å². The van der Waals surface area contributed by atoms with Gasteiger partial charge in [-0.2, -0.15) is 0 Å². The van der Waals surface area contributed by atoms with Gasteiger partial charge in [0.1, 0.15) is 0 Å².